The second-order valence-electron chi connectivity index (χ2n) is 2.97. The van der Waals surface area contributed by atoms with Crippen molar-refractivity contribution in [2.24, 2.45) is 0 Å². The summed E-state index contributed by atoms with van der Waals surface area (Å²) in [6, 6.07) is 5.99. The van der Waals surface area contributed by atoms with E-state index in [1.54, 1.807) is 0 Å². The van der Waals surface area contributed by atoms with Gasteiger partial charge in [0.05, 0.1) is 29.7 Å². The van der Waals surface area contributed by atoms with Gasteiger partial charge in [0.1, 0.15) is 5.75 Å². The van der Waals surface area contributed by atoms with E-state index in [-0.39, 0.29) is 10.8 Å². The lowest BCUT2D eigenvalue weighted by Gasteiger charge is -2.09. The molecule has 0 aromatic heterocycles. The van der Waals surface area contributed by atoms with E-state index in [4.69, 9.17) is 21.6 Å². The Hall–Kier alpha value is -1.41. The van der Waals surface area contributed by atoms with Crippen LogP contribution in [0.3, 0.4) is 0 Å². The summed E-state index contributed by atoms with van der Waals surface area (Å²) in [7, 11) is 0. The van der Waals surface area contributed by atoms with Crippen LogP contribution in [0.25, 0.3) is 0 Å². The summed E-state index contributed by atoms with van der Waals surface area (Å²) in [6.07, 6.45) is -5.29. The van der Waals surface area contributed by atoms with Gasteiger partial charge in [-0.2, -0.15) is 18.4 Å². The first kappa shape index (κ1) is 12.7. The van der Waals surface area contributed by atoms with Crippen molar-refractivity contribution >= 4 is 11.6 Å². The highest BCUT2D eigenvalue weighted by Crippen LogP contribution is 2.26. The molecule has 16 heavy (non-hydrogen) atoms. The van der Waals surface area contributed by atoms with E-state index >= 15 is 0 Å². The molecule has 0 bridgehead atoms. The maximum atomic E-state index is 11.8. The molecule has 1 rings (SSSR count). The van der Waals surface area contributed by atoms with Crippen LogP contribution >= 0.6 is 11.6 Å². The lowest BCUT2D eigenvalue weighted by Crippen LogP contribution is -2.13. The summed E-state index contributed by atoms with van der Waals surface area (Å²) >= 11 is 5.70. The van der Waals surface area contributed by atoms with Gasteiger partial charge in [-0.15, -0.1) is 0 Å². The molecule has 6 heteroatoms. The van der Waals surface area contributed by atoms with Crippen LogP contribution < -0.4 is 4.74 Å². The Kier molecular flexibility index (Phi) is 4.02. The number of halogens is 4. The van der Waals surface area contributed by atoms with E-state index in [0.717, 1.165) is 0 Å². The Balaban J connectivity index is 2.59. The normalized spacial score (nSPS) is 10.9. The van der Waals surface area contributed by atoms with E-state index in [0.29, 0.717) is 5.56 Å². The Bertz CT molecular complexity index is 412. The van der Waals surface area contributed by atoms with Crippen molar-refractivity contribution in [1.82, 2.24) is 0 Å². The third-order valence-electron chi connectivity index (χ3n) is 1.70. The van der Waals surface area contributed by atoms with Gasteiger partial charge in [0.2, 0.25) is 0 Å². The van der Waals surface area contributed by atoms with Crippen molar-refractivity contribution in [1.29, 1.82) is 5.26 Å². The second kappa shape index (κ2) is 5.08. The first-order valence-corrected chi connectivity index (χ1v) is 4.69. The van der Waals surface area contributed by atoms with Crippen molar-refractivity contribution < 1.29 is 17.9 Å². The third-order valence-corrected chi connectivity index (χ3v) is 2.00. The number of rotatable bonds is 3. The van der Waals surface area contributed by atoms with E-state index in [1.165, 1.54) is 18.2 Å². The van der Waals surface area contributed by atoms with Crippen LogP contribution in [-0.4, -0.2) is 12.8 Å². The summed E-state index contributed by atoms with van der Waals surface area (Å²) in [4.78, 5) is 0. The molecule has 0 saturated carbocycles. The van der Waals surface area contributed by atoms with Gasteiger partial charge in [-0.25, -0.2) is 0 Å². The van der Waals surface area contributed by atoms with Gasteiger partial charge >= 0.3 is 6.18 Å². The minimum Gasteiger partial charge on any atom is -0.492 e. The highest BCUT2D eigenvalue weighted by molar-refractivity contribution is 6.32. The summed E-state index contributed by atoms with van der Waals surface area (Å²) in [5, 5.41) is 8.66. The van der Waals surface area contributed by atoms with Crippen molar-refractivity contribution in [3.8, 4) is 11.8 Å². The minimum absolute atomic E-state index is 0.126. The quantitative estimate of drug-likeness (QED) is 0.821. The molecule has 1 aromatic rings. The summed E-state index contributed by atoms with van der Waals surface area (Å²) in [5.74, 6) is 0.143. The van der Waals surface area contributed by atoms with Gasteiger partial charge in [-0.05, 0) is 18.2 Å². The van der Waals surface area contributed by atoms with Crippen molar-refractivity contribution in [2.45, 2.75) is 12.6 Å². The molecule has 0 saturated heterocycles. The molecule has 0 amide bonds. The average Bonchev–Trinajstić information content (AvgIpc) is 2.18. The van der Waals surface area contributed by atoms with Crippen molar-refractivity contribution in [3.63, 3.8) is 0 Å². The predicted octanol–water partition coefficient (Wildman–Crippen LogP) is 3.54. The van der Waals surface area contributed by atoms with E-state index in [1.807, 2.05) is 6.07 Å². The molecule has 1 aromatic carbocycles. The minimum atomic E-state index is -4.25. The van der Waals surface area contributed by atoms with Gasteiger partial charge in [0, 0.05) is 0 Å². The summed E-state index contributed by atoms with van der Waals surface area (Å²) in [6.45, 7) is -0.491. The van der Waals surface area contributed by atoms with Gasteiger partial charge in [-0.1, -0.05) is 11.6 Å². The zero-order valence-corrected chi connectivity index (χ0v) is 8.77. The van der Waals surface area contributed by atoms with Crippen molar-refractivity contribution in [3.05, 3.63) is 28.8 Å². The molecule has 0 aliphatic rings. The molecular weight excluding hydrogens is 243 g/mol. The molecule has 0 aliphatic heterocycles. The van der Waals surface area contributed by atoms with Gasteiger partial charge < -0.3 is 4.74 Å². The van der Waals surface area contributed by atoms with Crippen LogP contribution in [0, 0.1) is 11.3 Å². The monoisotopic (exact) mass is 249 g/mol. The molecule has 0 aliphatic carbocycles. The number of hydrogen-bond donors (Lipinski definition) is 0. The number of nitriles is 1. The van der Waals surface area contributed by atoms with Crippen molar-refractivity contribution in [2.75, 3.05) is 6.61 Å². The van der Waals surface area contributed by atoms with E-state index < -0.39 is 19.2 Å². The smallest absolute Gasteiger partial charge is 0.392 e. The number of hydrogen-bond acceptors (Lipinski definition) is 2. The van der Waals surface area contributed by atoms with Crippen LogP contribution in [-0.2, 0) is 0 Å². The maximum Gasteiger partial charge on any atom is 0.392 e. The molecule has 0 radical (unpaired) electrons. The predicted molar refractivity (Wildman–Crippen MR) is 52.3 cm³/mol. The fraction of sp³-hybridized carbons (Fsp3) is 0.300. The average molecular weight is 250 g/mol. The topological polar surface area (TPSA) is 33.0 Å². The lowest BCUT2D eigenvalue weighted by atomic mass is 10.2. The van der Waals surface area contributed by atoms with Crippen LogP contribution in [0.15, 0.2) is 18.2 Å². The number of nitrogens with zero attached hydrogens (tertiary/aromatic N) is 1. The molecule has 0 atom stereocenters. The van der Waals surface area contributed by atoms with E-state index in [9.17, 15) is 13.2 Å². The highest BCUT2D eigenvalue weighted by Gasteiger charge is 2.26. The summed E-state index contributed by atoms with van der Waals surface area (Å²) < 4.78 is 40.3. The third kappa shape index (κ3) is 3.99. The molecule has 2 nitrogen and oxygen atoms in total. The van der Waals surface area contributed by atoms with Crippen LogP contribution in [0.1, 0.15) is 12.0 Å². The first-order chi connectivity index (χ1) is 7.42. The SMILES string of the molecule is N#Cc1ccc(OCCC(F)(F)F)c(Cl)c1. The van der Waals surface area contributed by atoms with Gasteiger partial charge in [-0.3, -0.25) is 0 Å². The standard InChI is InChI=1S/C10H7ClF3NO/c11-8-5-7(6-15)1-2-9(8)16-4-3-10(12,13)14/h1-2,5H,3-4H2. The van der Waals surface area contributed by atoms with Crippen LogP contribution in [0.2, 0.25) is 5.02 Å². The highest BCUT2D eigenvalue weighted by atomic mass is 35.5. The zero-order chi connectivity index (χ0) is 12.2. The molecule has 0 fully saturated rings. The maximum absolute atomic E-state index is 11.8. The fourth-order valence-corrected chi connectivity index (χ4v) is 1.20. The Morgan fingerprint density at radius 1 is 1.38 bits per heavy atom. The first-order valence-electron chi connectivity index (χ1n) is 4.31. The number of alkyl halides is 3. The molecule has 0 spiro atoms. The Morgan fingerprint density at radius 2 is 2.06 bits per heavy atom. The van der Waals surface area contributed by atoms with Gasteiger partial charge in [0.15, 0.2) is 0 Å². The molecule has 0 heterocycles. The Labute approximate surface area is 95.2 Å². The largest absolute Gasteiger partial charge is 0.492 e. The number of benzene rings is 1. The molecular formula is C10H7ClF3NO. The van der Waals surface area contributed by atoms with Gasteiger partial charge in [0.25, 0.3) is 0 Å². The molecule has 86 valence electrons. The number of ether oxygens (including phenoxy) is 1. The zero-order valence-electron chi connectivity index (χ0n) is 8.01. The van der Waals surface area contributed by atoms with E-state index in [2.05, 4.69) is 0 Å². The Morgan fingerprint density at radius 3 is 2.56 bits per heavy atom. The fourth-order valence-electron chi connectivity index (χ4n) is 0.964. The molecule has 0 N–H and O–H groups in total. The van der Waals surface area contributed by atoms with Crippen LogP contribution in [0.5, 0.6) is 5.75 Å². The summed E-state index contributed by atoms with van der Waals surface area (Å²) in [5.41, 5.74) is 0.327. The lowest BCUT2D eigenvalue weighted by molar-refractivity contribution is -0.139. The second-order valence-corrected chi connectivity index (χ2v) is 3.38. The van der Waals surface area contributed by atoms with Crippen LogP contribution in [0.4, 0.5) is 13.2 Å². The molecule has 0 unspecified atom stereocenters.